The molecule has 1 aliphatic rings. The Kier molecular flexibility index (Phi) is 4.03. The molecule has 0 aromatic heterocycles. The lowest BCUT2D eigenvalue weighted by atomic mass is 9.84. The van der Waals surface area contributed by atoms with Crippen LogP contribution in [0.5, 0.6) is 0 Å². The highest BCUT2D eigenvalue weighted by atomic mass is 35.5. The van der Waals surface area contributed by atoms with Gasteiger partial charge >= 0.3 is 0 Å². The Morgan fingerprint density at radius 1 is 1.50 bits per heavy atom. The van der Waals surface area contributed by atoms with Crippen LogP contribution in [0.25, 0.3) is 0 Å². The lowest BCUT2D eigenvalue weighted by Gasteiger charge is -2.33. The SMILES string of the molecule is CC1(C(=O)Cc2ccc(F)c(Cl)c2)CCCCN1. The van der Waals surface area contributed by atoms with Crippen molar-refractivity contribution in [3.05, 3.63) is 34.6 Å². The molecule has 1 N–H and O–H groups in total. The van der Waals surface area contributed by atoms with Crippen LogP contribution in [0, 0.1) is 5.82 Å². The van der Waals surface area contributed by atoms with Crippen molar-refractivity contribution < 1.29 is 9.18 Å². The van der Waals surface area contributed by atoms with Gasteiger partial charge in [-0.25, -0.2) is 4.39 Å². The van der Waals surface area contributed by atoms with E-state index in [1.807, 2.05) is 6.92 Å². The van der Waals surface area contributed by atoms with Crippen molar-refractivity contribution in [1.29, 1.82) is 0 Å². The number of hydrogen-bond acceptors (Lipinski definition) is 2. The van der Waals surface area contributed by atoms with Gasteiger partial charge < -0.3 is 5.32 Å². The molecular weight excluding hydrogens is 253 g/mol. The Bertz CT molecular complexity index is 455. The highest BCUT2D eigenvalue weighted by Crippen LogP contribution is 2.23. The zero-order chi connectivity index (χ0) is 13.2. The fourth-order valence-corrected chi connectivity index (χ4v) is 2.53. The number of rotatable bonds is 3. The van der Waals surface area contributed by atoms with E-state index in [0.717, 1.165) is 31.4 Å². The first kappa shape index (κ1) is 13.5. The minimum atomic E-state index is -0.449. The summed E-state index contributed by atoms with van der Waals surface area (Å²) in [6.07, 6.45) is 3.34. The van der Waals surface area contributed by atoms with Crippen LogP contribution < -0.4 is 5.32 Å². The number of piperidine rings is 1. The summed E-state index contributed by atoms with van der Waals surface area (Å²) in [5, 5.41) is 3.36. The van der Waals surface area contributed by atoms with Gasteiger partial charge in [-0.3, -0.25) is 4.79 Å². The molecule has 4 heteroatoms. The highest BCUT2D eigenvalue weighted by molar-refractivity contribution is 6.30. The molecule has 2 rings (SSSR count). The Morgan fingerprint density at radius 3 is 2.89 bits per heavy atom. The summed E-state index contributed by atoms with van der Waals surface area (Å²) in [5.41, 5.74) is 0.319. The fraction of sp³-hybridized carbons (Fsp3) is 0.500. The summed E-state index contributed by atoms with van der Waals surface area (Å²) in [7, 11) is 0. The molecule has 1 fully saturated rings. The molecule has 1 aromatic carbocycles. The first-order valence-corrected chi connectivity index (χ1v) is 6.61. The number of Topliss-reactive ketones (excluding diaryl/α,β-unsaturated/α-hetero) is 1. The minimum absolute atomic E-state index is 0.0713. The topological polar surface area (TPSA) is 29.1 Å². The molecule has 98 valence electrons. The molecule has 18 heavy (non-hydrogen) atoms. The molecule has 2 nitrogen and oxygen atoms in total. The molecule has 0 amide bonds. The third-order valence-corrected chi connectivity index (χ3v) is 3.87. The van der Waals surface area contributed by atoms with Crippen molar-refractivity contribution in [3.8, 4) is 0 Å². The van der Waals surface area contributed by atoms with E-state index >= 15 is 0 Å². The summed E-state index contributed by atoms with van der Waals surface area (Å²) in [5.74, 6) is -0.306. The number of benzene rings is 1. The number of nitrogens with one attached hydrogen (secondary N) is 1. The molecule has 1 heterocycles. The number of carbonyl (C=O) groups excluding carboxylic acids is 1. The standard InChI is InChI=1S/C14H17ClFNO/c1-14(6-2-3-7-17-14)13(18)9-10-4-5-12(16)11(15)8-10/h4-5,8,17H,2-3,6-7,9H2,1H3. The molecule has 0 radical (unpaired) electrons. The lowest BCUT2D eigenvalue weighted by molar-refractivity contribution is -0.125. The maximum Gasteiger partial charge on any atom is 0.156 e. The van der Waals surface area contributed by atoms with E-state index in [-0.39, 0.29) is 10.8 Å². The van der Waals surface area contributed by atoms with Crippen molar-refractivity contribution in [1.82, 2.24) is 5.32 Å². The van der Waals surface area contributed by atoms with Crippen molar-refractivity contribution in [2.24, 2.45) is 0 Å². The number of carbonyl (C=O) groups is 1. The molecule has 0 bridgehead atoms. The number of halogens is 2. The molecule has 1 aliphatic heterocycles. The number of hydrogen-bond donors (Lipinski definition) is 1. The average molecular weight is 270 g/mol. The average Bonchev–Trinajstić information content (AvgIpc) is 2.35. The Hall–Kier alpha value is -0.930. The lowest BCUT2D eigenvalue weighted by Crippen LogP contribution is -2.52. The third kappa shape index (κ3) is 2.90. The molecule has 0 aliphatic carbocycles. The van der Waals surface area contributed by atoms with Gasteiger partial charge in [-0.1, -0.05) is 17.7 Å². The Morgan fingerprint density at radius 2 is 2.28 bits per heavy atom. The van der Waals surface area contributed by atoms with Gasteiger partial charge in [-0.15, -0.1) is 0 Å². The predicted octanol–water partition coefficient (Wildman–Crippen LogP) is 3.12. The quantitative estimate of drug-likeness (QED) is 0.913. The molecule has 0 spiro atoms. The molecule has 1 atom stereocenters. The van der Waals surface area contributed by atoms with E-state index < -0.39 is 11.4 Å². The minimum Gasteiger partial charge on any atom is -0.305 e. The summed E-state index contributed by atoms with van der Waals surface area (Å²) in [6.45, 7) is 2.83. The summed E-state index contributed by atoms with van der Waals surface area (Å²) in [4.78, 5) is 12.3. The van der Waals surface area contributed by atoms with E-state index in [1.54, 1.807) is 6.07 Å². The monoisotopic (exact) mass is 269 g/mol. The van der Waals surface area contributed by atoms with Gasteiger partial charge in [0.2, 0.25) is 0 Å². The zero-order valence-corrected chi connectivity index (χ0v) is 11.2. The van der Waals surface area contributed by atoms with Crippen LogP contribution in [0.3, 0.4) is 0 Å². The molecular formula is C14H17ClFNO. The second kappa shape index (κ2) is 5.37. The van der Waals surface area contributed by atoms with Crippen LogP contribution in [0.15, 0.2) is 18.2 Å². The number of ketones is 1. The van der Waals surface area contributed by atoms with Gasteiger partial charge in [0.25, 0.3) is 0 Å². The fourth-order valence-electron chi connectivity index (χ4n) is 2.32. The third-order valence-electron chi connectivity index (χ3n) is 3.58. The van der Waals surface area contributed by atoms with Crippen LogP contribution >= 0.6 is 11.6 Å². The second-order valence-corrected chi connectivity index (χ2v) is 5.47. The van der Waals surface area contributed by atoms with Gasteiger partial charge in [-0.2, -0.15) is 0 Å². The van der Waals surface area contributed by atoms with Crippen LogP contribution in [0.2, 0.25) is 5.02 Å². The van der Waals surface area contributed by atoms with Crippen LogP contribution in [0.1, 0.15) is 31.7 Å². The van der Waals surface area contributed by atoms with Crippen LogP contribution in [0.4, 0.5) is 4.39 Å². The Balaban J connectivity index is 2.08. The van der Waals surface area contributed by atoms with E-state index in [9.17, 15) is 9.18 Å². The smallest absolute Gasteiger partial charge is 0.156 e. The highest BCUT2D eigenvalue weighted by Gasteiger charge is 2.33. The normalized spacial score (nSPS) is 23.9. The van der Waals surface area contributed by atoms with E-state index in [1.165, 1.54) is 12.1 Å². The van der Waals surface area contributed by atoms with E-state index in [0.29, 0.717) is 6.42 Å². The predicted molar refractivity (Wildman–Crippen MR) is 70.4 cm³/mol. The maximum atomic E-state index is 13.0. The second-order valence-electron chi connectivity index (χ2n) is 5.06. The first-order valence-electron chi connectivity index (χ1n) is 6.23. The van der Waals surface area contributed by atoms with Crippen molar-refractivity contribution in [3.63, 3.8) is 0 Å². The van der Waals surface area contributed by atoms with Crippen molar-refractivity contribution in [2.75, 3.05) is 6.54 Å². The van der Waals surface area contributed by atoms with E-state index in [2.05, 4.69) is 5.32 Å². The van der Waals surface area contributed by atoms with Gasteiger partial charge in [0, 0.05) is 6.42 Å². The molecule has 1 aromatic rings. The summed E-state index contributed by atoms with van der Waals surface area (Å²) >= 11 is 5.72. The molecule has 1 unspecified atom stereocenters. The van der Waals surface area contributed by atoms with Gasteiger partial charge in [0.1, 0.15) is 5.82 Å². The van der Waals surface area contributed by atoms with E-state index in [4.69, 9.17) is 11.6 Å². The molecule has 1 saturated heterocycles. The van der Waals surface area contributed by atoms with Crippen molar-refractivity contribution >= 4 is 17.4 Å². The van der Waals surface area contributed by atoms with Gasteiger partial charge in [0.05, 0.1) is 10.6 Å². The molecule has 0 saturated carbocycles. The summed E-state index contributed by atoms with van der Waals surface area (Å²) < 4.78 is 13.0. The van der Waals surface area contributed by atoms with Crippen LogP contribution in [-0.4, -0.2) is 17.9 Å². The van der Waals surface area contributed by atoms with Gasteiger partial charge in [-0.05, 0) is 50.4 Å². The summed E-state index contributed by atoms with van der Waals surface area (Å²) in [6, 6.07) is 4.45. The van der Waals surface area contributed by atoms with Gasteiger partial charge in [0.15, 0.2) is 5.78 Å². The van der Waals surface area contributed by atoms with Crippen molar-refractivity contribution in [2.45, 2.75) is 38.1 Å². The Labute approximate surface area is 112 Å². The maximum absolute atomic E-state index is 13.0. The largest absolute Gasteiger partial charge is 0.305 e. The van der Waals surface area contributed by atoms with Crippen LogP contribution in [-0.2, 0) is 11.2 Å². The zero-order valence-electron chi connectivity index (χ0n) is 10.4. The first-order chi connectivity index (χ1) is 8.51.